The number of carbonyl (C=O) groups excluding carboxylic acids is 1. The quantitative estimate of drug-likeness (QED) is 0.869. The number of hydrogen-bond donors (Lipinski definition) is 1. The number of ether oxygens (including phenoxy) is 1. The Kier molecular flexibility index (Phi) is 5.13. The minimum absolute atomic E-state index is 0. The Hall–Kier alpha value is -1.58. The van der Waals surface area contributed by atoms with E-state index in [1.54, 1.807) is 0 Å². The van der Waals surface area contributed by atoms with Crippen LogP contribution in [0, 0.1) is 0 Å². The van der Waals surface area contributed by atoms with Gasteiger partial charge in [-0.3, -0.25) is 4.79 Å². The van der Waals surface area contributed by atoms with Crippen LogP contribution in [-0.4, -0.2) is 13.1 Å². The number of hydrogen-bond acceptors (Lipinski definition) is 3. The van der Waals surface area contributed by atoms with E-state index in [-0.39, 0.29) is 30.8 Å². The first-order chi connectivity index (χ1) is 8.20. The number of fused-ring (bicyclic) bond motifs is 1. The number of rotatable bonds is 3. The van der Waals surface area contributed by atoms with E-state index < -0.39 is 0 Å². The molecule has 3 nitrogen and oxygen atoms in total. The van der Waals surface area contributed by atoms with Gasteiger partial charge < -0.3 is 10.5 Å². The van der Waals surface area contributed by atoms with Crippen LogP contribution >= 0.6 is 12.4 Å². The standard InChI is InChI=1S/C14H15NO2.ClH/c1-17-14(16)9-13(15)12-7-6-10-4-2-3-5-11(10)8-12;/h2-8,13H,9,15H2,1H3;1H/t13-;/m1./s1. The molecule has 0 aromatic heterocycles. The van der Waals surface area contributed by atoms with Crippen LogP contribution in [-0.2, 0) is 9.53 Å². The van der Waals surface area contributed by atoms with Crippen molar-refractivity contribution in [3.05, 3.63) is 48.0 Å². The maximum Gasteiger partial charge on any atom is 0.307 e. The van der Waals surface area contributed by atoms with Crippen molar-refractivity contribution in [1.29, 1.82) is 0 Å². The molecule has 0 fully saturated rings. The van der Waals surface area contributed by atoms with Crippen molar-refractivity contribution in [2.45, 2.75) is 12.5 Å². The van der Waals surface area contributed by atoms with Gasteiger partial charge in [-0.15, -0.1) is 12.4 Å². The van der Waals surface area contributed by atoms with Gasteiger partial charge in [0.25, 0.3) is 0 Å². The van der Waals surface area contributed by atoms with Crippen molar-refractivity contribution in [3.63, 3.8) is 0 Å². The highest BCUT2D eigenvalue weighted by molar-refractivity contribution is 5.85. The maximum absolute atomic E-state index is 11.2. The summed E-state index contributed by atoms with van der Waals surface area (Å²) >= 11 is 0. The van der Waals surface area contributed by atoms with Gasteiger partial charge in [0, 0.05) is 6.04 Å². The molecular weight excluding hydrogens is 250 g/mol. The summed E-state index contributed by atoms with van der Waals surface area (Å²) in [6.45, 7) is 0. The predicted molar refractivity (Wildman–Crippen MR) is 74.8 cm³/mol. The molecule has 0 saturated carbocycles. The zero-order valence-corrected chi connectivity index (χ0v) is 10.9. The Morgan fingerprint density at radius 2 is 1.89 bits per heavy atom. The van der Waals surface area contributed by atoms with Gasteiger partial charge >= 0.3 is 5.97 Å². The van der Waals surface area contributed by atoms with Crippen LogP contribution in [0.3, 0.4) is 0 Å². The minimum atomic E-state index is -0.313. The second-order valence-electron chi connectivity index (χ2n) is 3.99. The summed E-state index contributed by atoms with van der Waals surface area (Å²) in [4.78, 5) is 11.2. The molecule has 0 amide bonds. The van der Waals surface area contributed by atoms with E-state index in [1.807, 2.05) is 42.5 Å². The number of nitrogens with two attached hydrogens (primary N) is 1. The Labute approximate surface area is 112 Å². The molecule has 96 valence electrons. The average Bonchev–Trinajstić information content (AvgIpc) is 2.38. The van der Waals surface area contributed by atoms with Crippen molar-refractivity contribution in [1.82, 2.24) is 0 Å². The largest absolute Gasteiger partial charge is 0.469 e. The fourth-order valence-electron chi connectivity index (χ4n) is 1.82. The highest BCUT2D eigenvalue weighted by atomic mass is 35.5. The lowest BCUT2D eigenvalue weighted by atomic mass is 10.0. The molecule has 0 saturated heterocycles. The molecule has 4 heteroatoms. The molecule has 0 aliphatic carbocycles. The minimum Gasteiger partial charge on any atom is -0.469 e. The summed E-state index contributed by atoms with van der Waals surface area (Å²) in [7, 11) is 1.37. The van der Waals surface area contributed by atoms with Crippen molar-refractivity contribution in [2.24, 2.45) is 5.73 Å². The number of carbonyl (C=O) groups is 1. The molecule has 1 atom stereocenters. The number of methoxy groups -OCH3 is 1. The van der Waals surface area contributed by atoms with E-state index in [0.29, 0.717) is 0 Å². The highest BCUT2D eigenvalue weighted by Crippen LogP contribution is 2.21. The molecule has 0 unspecified atom stereocenters. The van der Waals surface area contributed by atoms with Crippen LogP contribution < -0.4 is 5.73 Å². The van der Waals surface area contributed by atoms with Gasteiger partial charge in [0.1, 0.15) is 0 Å². The van der Waals surface area contributed by atoms with E-state index in [4.69, 9.17) is 5.73 Å². The van der Waals surface area contributed by atoms with E-state index in [9.17, 15) is 4.79 Å². The van der Waals surface area contributed by atoms with Crippen LogP contribution in [0.15, 0.2) is 42.5 Å². The van der Waals surface area contributed by atoms with E-state index >= 15 is 0 Å². The second kappa shape index (κ2) is 6.38. The first kappa shape index (κ1) is 14.5. The van der Waals surface area contributed by atoms with Gasteiger partial charge in [0.15, 0.2) is 0 Å². The van der Waals surface area contributed by atoms with Crippen LogP contribution in [0.1, 0.15) is 18.0 Å². The zero-order valence-electron chi connectivity index (χ0n) is 10.1. The lowest BCUT2D eigenvalue weighted by Crippen LogP contribution is -2.16. The predicted octanol–water partition coefficient (Wildman–Crippen LogP) is 2.82. The molecule has 2 rings (SSSR count). The molecule has 0 spiro atoms. The third kappa shape index (κ3) is 3.22. The van der Waals surface area contributed by atoms with E-state index in [1.165, 1.54) is 12.5 Å². The van der Waals surface area contributed by atoms with Gasteiger partial charge in [-0.25, -0.2) is 0 Å². The third-order valence-corrected chi connectivity index (χ3v) is 2.82. The summed E-state index contributed by atoms with van der Waals surface area (Å²) in [6.07, 6.45) is 0.203. The summed E-state index contributed by atoms with van der Waals surface area (Å²) in [5.41, 5.74) is 6.91. The van der Waals surface area contributed by atoms with Crippen LogP contribution in [0.2, 0.25) is 0 Å². The lowest BCUT2D eigenvalue weighted by molar-refractivity contribution is -0.141. The Bertz CT molecular complexity index is 542. The fourth-order valence-corrected chi connectivity index (χ4v) is 1.82. The molecule has 2 aromatic carbocycles. The second-order valence-corrected chi connectivity index (χ2v) is 3.99. The topological polar surface area (TPSA) is 52.3 Å². The number of benzene rings is 2. The van der Waals surface area contributed by atoms with Crippen molar-refractivity contribution in [3.8, 4) is 0 Å². The average molecular weight is 266 g/mol. The Morgan fingerprint density at radius 3 is 2.56 bits per heavy atom. The number of esters is 1. The summed E-state index contributed by atoms with van der Waals surface area (Å²) in [5, 5.41) is 2.30. The van der Waals surface area contributed by atoms with Crippen molar-refractivity contribution in [2.75, 3.05) is 7.11 Å². The van der Waals surface area contributed by atoms with Crippen LogP contribution in [0.4, 0.5) is 0 Å². The molecule has 2 N–H and O–H groups in total. The van der Waals surface area contributed by atoms with Gasteiger partial charge in [-0.1, -0.05) is 36.4 Å². The SMILES string of the molecule is COC(=O)C[C@@H](N)c1ccc2ccccc2c1.Cl. The van der Waals surface area contributed by atoms with Gasteiger partial charge in [-0.05, 0) is 22.4 Å². The van der Waals surface area contributed by atoms with Crippen LogP contribution in [0.5, 0.6) is 0 Å². The Morgan fingerprint density at radius 1 is 1.22 bits per heavy atom. The molecule has 18 heavy (non-hydrogen) atoms. The normalized spacial score (nSPS) is 11.7. The van der Waals surface area contributed by atoms with Crippen molar-refractivity contribution >= 4 is 29.1 Å². The Balaban J connectivity index is 0.00000162. The molecule has 0 bridgehead atoms. The third-order valence-electron chi connectivity index (χ3n) is 2.82. The molecule has 2 aromatic rings. The maximum atomic E-state index is 11.2. The van der Waals surface area contributed by atoms with Crippen molar-refractivity contribution < 1.29 is 9.53 Å². The molecular formula is C14H16ClNO2. The van der Waals surface area contributed by atoms with E-state index in [2.05, 4.69) is 4.74 Å². The van der Waals surface area contributed by atoms with Gasteiger partial charge in [0.05, 0.1) is 13.5 Å². The molecule has 0 aliphatic heterocycles. The monoisotopic (exact) mass is 265 g/mol. The fraction of sp³-hybridized carbons (Fsp3) is 0.214. The molecule has 0 aliphatic rings. The lowest BCUT2D eigenvalue weighted by Gasteiger charge is -2.11. The van der Waals surface area contributed by atoms with Gasteiger partial charge in [0.2, 0.25) is 0 Å². The summed E-state index contributed by atoms with van der Waals surface area (Å²) in [6, 6.07) is 13.7. The zero-order chi connectivity index (χ0) is 12.3. The summed E-state index contributed by atoms with van der Waals surface area (Å²) < 4.78 is 4.61. The molecule has 0 heterocycles. The smallest absolute Gasteiger partial charge is 0.307 e. The summed E-state index contributed by atoms with van der Waals surface area (Å²) in [5.74, 6) is -0.286. The number of halogens is 1. The molecule has 0 radical (unpaired) electrons. The first-order valence-electron chi connectivity index (χ1n) is 5.52. The van der Waals surface area contributed by atoms with Gasteiger partial charge in [-0.2, -0.15) is 0 Å². The van der Waals surface area contributed by atoms with E-state index in [0.717, 1.165) is 10.9 Å². The highest BCUT2D eigenvalue weighted by Gasteiger charge is 2.11. The van der Waals surface area contributed by atoms with Crippen LogP contribution in [0.25, 0.3) is 10.8 Å². The first-order valence-corrected chi connectivity index (χ1v) is 5.52.